The minimum atomic E-state index is -0.774. The van der Waals surface area contributed by atoms with E-state index >= 15 is 0 Å². The van der Waals surface area contributed by atoms with Crippen molar-refractivity contribution in [2.75, 3.05) is 11.5 Å². The molecule has 2 aromatic rings. The third-order valence-electron chi connectivity index (χ3n) is 5.29. The molecule has 4 rings (SSSR count). The molecule has 0 spiro atoms. The van der Waals surface area contributed by atoms with Crippen molar-refractivity contribution in [1.82, 2.24) is 14.5 Å². The Balaban J connectivity index is 1.64. The molecule has 3 N–H and O–H groups in total. The number of fused-ring (bicyclic) bond motifs is 1. The molecule has 0 atom stereocenters. The minimum Gasteiger partial charge on any atom is -0.384 e. The van der Waals surface area contributed by atoms with Gasteiger partial charge >= 0.3 is 5.69 Å². The molecule has 28 heavy (non-hydrogen) atoms. The number of hydrogen-bond donors (Lipinski definition) is 2. The van der Waals surface area contributed by atoms with E-state index in [0.29, 0.717) is 10.6 Å². The number of nitriles is 1. The lowest BCUT2D eigenvalue weighted by molar-refractivity contribution is 0.102. The summed E-state index contributed by atoms with van der Waals surface area (Å²) in [4.78, 5) is 43.7. The molecule has 1 fully saturated rings. The number of pyridine rings is 1. The first kappa shape index (κ1) is 18.5. The number of Topliss-reactive ketones (excluding diaryl/α,β-unsaturated/α-hetero) is 1. The van der Waals surface area contributed by atoms with Crippen molar-refractivity contribution in [2.24, 2.45) is 0 Å². The number of anilines is 1. The lowest BCUT2D eigenvalue weighted by Gasteiger charge is -2.12. The Labute approximate surface area is 164 Å². The summed E-state index contributed by atoms with van der Waals surface area (Å²) >= 11 is 1.13. The molecule has 2 aromatic heterocycles. The number of nitrogens with zero attached hydrogens (tertiary/aromatic N) is 3. The van der Waals surface area contributed by atoms with Crippen LogP contribution in [0.5, 0.6) is 0 Å². The van der Waals surface area contributed by atoms with Gasteiger partial charge in [0.15, 0.2) is 5.78 Å². The molecule has 0 amide bonds. The van der Waals surface area contributed by atoms with E-state index in [2.05, 4.69) is 16.0 Å². The summed E-state index contributed by atoms with van der Waals surface area (Å²) in [5.74, 6) is -0.654. The largest absolute Gasteiger partial charge is 0.384 e. The van der Waals surface area contributed by atoms with E-state index in [1.807, 2.05) is 6.92 Å². The molecule has 0 bridgehead atoms. The Morgan fingerprint density at radius 3 is 2.82 bits per heavy atom. The summed E-state index contributed by atoms with van der Waals surface area (Å²) in [6, 6.07) is 2.13. The summed E-state index contributed by atoms with van der Waals surface area (Å²) in [6.45, 7) is 1.91. The minimum absolute atomic E-state index is 0.0604. The van der Waals surface area contributed by atoms with Gasteiger partial charge < -0.3 is 5.73 Å². The molecule has 144 valence electrons. The van der Waals surface area contributed by atoms with Gasteiger partial charge in [-0.25, -0.2) is 9.78 Å². The van der Waals surface area contributed by atoms with E-state index in [4.69, 9.17) is 5.73 Å². The Hall–Kier alpha value is -2.86. The summed E-state index contributed by atoms with van der Waals surface area (Å²) in [7, 11) is 0. The van der Waals surface area contributed by atoms with Gasteiger partial charge in [-0.2, -0.15) is 5.26 Å². The first-order valence-corrected chi connectivity index (χ1v) is 10.1. The second kappa shape index (κ2) is 6.95. The SMILES string of the molecule is Cc1c(C#N)c(SCC(=O)c2c(N)n(C3CC3)c(=O)[nH]c2=O)nc2c1CCC2. The first-order chi connectivity index (χ1) is 13.4. The Morgan fingerprint density at radius 2 is 2.14 bits per heavy atom. The number of H-pyrrole nitrogens is 1. The van der Waals surface area contributed by atoms with Gasteiger partial charge in [-0.05, 0) is 50.2 Å². The molecular weight excluding hydrogens is 378 g/mol. The number of hydrogen-bond acceptors (Lipinski definition) is 7. The zero-order valence-corrected chi connectivity index (χ0v) is 16.2. The lowest BCUT2D eigenvalue weighted by atomic mass is 10.0. The number of nitrogens with one attached hydrogen (secondary N) is 1. The molecular formula is C19H19N5O3S. The summed E-state index contributed by atoms with van der Waals surface area (Å²) in [5.41, 5.74) is 7.93. The fourth-order valence-electron chi connectivity index (χ4n) is 3.72. The number of aromatic nitrogens is 3. The van der Waals surface area contributed by atoms with Crippen LogP contribution in [0, 0.1) is 18.3 Å². The molecule has 0 unspecified atom stereocenters. The van der Waals surface area contributed by atoms with Gasteiger partial charge in [0.25, 0.3) is 5.56 Å². The van der Waals surface area contributed by atoms with Gasteiger partial charge in [0.05, 0.1) is 11.3 Å². The summed E-state index contributed by atoms with van der Waals surface area (Å²) in [5, 5.41) is 10.0. The van der Waals surface area contributed by atoms with Crippen LogP contribution in [-0.2, 0) is 12.8 Å². The number of carbonyl (C=O) groups is 1. The summed E-state index contributed by atoms with van der Waals surface area (Å²) < 4.78 is 1.29. The highest BCUT2D eigenvalue weighted by molar-refractivity contribution is 8.00. The van der Waals surface area contributed by atoms with E-state index in [9.17, 15) is 19.6 Å². The predicted octanol–water partition coefficient (Wildman–Crippen LogP) is 1.49. The number of aromatic amines is 1. The van der Waals surface area contributed by atoms with E-state index < -0.39 is 17.0 Å². The smallest absolute Gasteiger partial charge is 0.330 e. The van der Waals surface area contributed by atoms with E-state index in [1.165, 1.54) is 4.57 Å². The highest BCUT2D eigenvalue weighted by atomic mass is 32.2. The molecule has 0 saturated heterocycles. The maximum atomic E-state index is 12.7. The molecule has 1 saturated carbocycles. The van der Waals surface area contributed by atoms with Crippen molar-refractivity contribution in [3.8, 4) is 6.07 Å². The van der Waals surface area contributed by atoms with Gasteiger partial charge in [-0.1, -0.05) is 11.8 Å². The Bertz CT molecular complexity index is 1150. The monoisotopic (exact) mass is 397 g/mol. The van der Waals surface area contributed by atoms with Gasteiger partial charge in [-0.15, -0.1) is 0 Å². The van der Waals surface area contributed by atoms with Crippen molar-refractivity contribution in [3.05, 3.63) is 48.8 Å². The zero-order valence-electron chi connectivity index (χ0n) is 15.4. The third kappa shape index (κ3) is 3.03. The first-order valence-electron chi connectivity index (χ1n) is 9.15. The van der Waals surface area contributed by atoms with Crippen molar-refractivity contribution < 1.29 is 4.79 Å². The van der Waals surface area contributed by atoms with E-state index in [1.54, 1.807) is 0 Å². The van der Waals surface area contributed by atoms with Crippen LogP contribution < -0.4 is 17.0 Å². The number of nitrogens with two attached hydrogens (primary N) is 1. The van der Waals surface area contributed by atoms with E-state index in [0.717, 1.165) is 60.7 Å². The molecule has 2 aliphatic rings. The highest BCUT2D eigenvalue weighted by Crippen LogP contribution is 2.36. The van der Waals surface area contributed by atoms with Crippen LogP contribution in [0.1, 0.15) is 58.0 Å². The van der Waals surface area contributed by atoms with Crippen molar-refractivity contribution in [1.29, 1.82) is 5.26 Å². The van der Waals surface area contributed by atoms with Gasteiger partial charge in [0.1, 0.15) is 22.5 Å². The summed E-state index contributed by atoms with van der Waals surface area (Å²) in [6.07, 6.45) is 4.38. The second-order valence-electron chi connectivity index (χ2n) is 7.14. The Kier molecular flexibility index (Phi) is 4.59. The fourth-order valence-corrected chi connectivity index (χ4v) is 4.65. The van der Waals surface area contributed by atoms with Crippen LogP contribution >= 0.6 is 11.8 Å². The molecule has 2 heterocycles. The van der Waals surface area contributed by atoms with Gasteiger partial charge in [-0.3, -0.25) is 19.1 Å². The van der Waals surface area contributed by atoms with Crippen LogP contribution in [0.15, 0.2) is 14.6 Å². The van der Waals surface area contributed by atoms with E-state index in [-0.39, 0.29) is 23.2 Å². The number of carbonyl (C=O) groups excluding carboxylic acids is 1. The van der Waals surface area contributed by atoms with Crippen LogP contribution in [0.25, 0.3) is 0 Å². The Morgan fingerprint density at radius 1 is 1.39 bits per heavy atom. The number of nitrogen functional groups attached to an aromatic ring is 1. The zero-order chi connectivity index (χ0) is 20.0. The van der Waals surface area contributed by atoms with Gasteiger partial charge in [0.2, 0.25) is 0 Å². The number of ketones is 1. The fraction of sp³-hybridized carbons (Fsp3) is 0.421. The highest BCUT2D eigenvalue weighted by Gasteiger charge is 2.30. The molecule has 0 aromatic carbocycles. The number of thioether (sulfide) groups is 1. The normalized spacial score (nSPS) is 15.3. The lowest BCUT2D eigenvalue weighted by Crippen LogP contribution is -2.36. The molecule has 0 aliphatic heterocycles. The third-order valence-corrected chi connectivity index (χ3v) is 6.27. The predicted molar refractivity (Wildman–Crippen MR) is 105 cm³/mol. The van der Waals surface area contributed by atoms with Crippen molar-refractivity contribution in [2.45, 2.75) is 50.1 Å². The molecule has 2 aliphatic carbocycles. The maximum absolute atomic E-state index is 12.7. The van der Waals surface area contributed by atoms with Crippen LogP contribution in [0.4, 0.5) is 5.82 Å². The van der Waals surface area contributed by atoms with Gasteiger partial charge in [0, 0.05) is 11.7 Å². The quantitative estimate of drug-likeness (QED) is 0.576. The standard InChI is InChI=1S/C19H19N5O3S/c1-9-11-3-2-4-13(11)22-18(12(9)7-20)28-8-14(25)15-16(21)24(10-5-6-10)19(27)23-17(15)26/h10H,2-6,8,21H2,1H3,(H,23,26,27). The van der Waals surface area contributed by atoms with Crippen LogP contribution in [-0.4, -0.2) is 26.1 Å². The average molecular weight is 397 g/mol. The molecule has 8 nitrogen and oxygen atoms in total. The van der Waals surface area contributed by atoms with Crippen molar-refractivity contribution in [3.63, 3.8) is 0 Å². The topological polar surface area (TPSA) is 135 Å². The van der Waals surface area contributed by atoms with Crippen molar-refractivity contribution >= 4 is 23.4 Å². The van der Waals surface area contributed by atoms with Crippen LogP contribution in [0.3, 0.4) is 0 Å². The molecule has 0 radical (unpaired) electrons. The number of aryl methyl sites for hydroxylation is 1. The second-order valence-corrected chi connectivity index (χ2v) is 8.10. The molecule has 9 heteroatoms. The maximum Gasteiger partial charge on any atom is 0.330 e. The number of rotatable bonds is 5. The van der Waals surface area contributed by atoms with Crippen LogP contribution in [0.2, 0.25) is 0 Å². The average Bonchev–Trinajstić information content (AvgIpc) is 3.35.